The molecule has 0 aliphatic carbocycles. The van der Waals surface area contributed by atoms with E-state index in [1.165, 1.54) is 12.1 Å². The fourth-order valence-electron chi connectivity index (χ4n) is 2.99. The van der Waals surface area contributed by atoms with E-state index in [0.29, 0.717) is 11.7 Å². The highest BCUT2D eigenvalue weighted by atomic mass is 35.5. The molecule has 5 nitrogen and oxygen atoms in total. The van der Waals surface area contributed by atoms with E-state index >= 15 is 0 Å². The minimum Gasteiger partial charge on any atom is -0.323 e. The molecule has 144 valence electrons. The van der Waals surface area contributed by atoms with Gasteiger partial charge >= 0.3 is 0 Å². The molecular formula is C22H22ClN3O2. The maximum Gasteiger partial charge on any atom is 0.269 e. The van der Waals surface area contributed by atoms with Crippen LogP contribution in [0.3, 0.4) is 0 Å². The van der Waals surface area contributed by atoms with Gasteiger partial charge in [0.15, 0.2) is 5.15 Å². The van der Waals surface area contributed by atoms with Gasteiger partial charge < -0.3 is 4.57 Å². The van der Waals surface area contributed by atoms with Crippen LogP contribution in [0.1, 0.15) is 42.4 Å². The van der Waals surface area contributed by atoms with Crippen LogP contribution in [0, 0.1) is 10.1 Å². The molecule has 0 aliphatic rings. The van der Waals surface area contributed by atoms with Crippen molar-refractivity contribution in [2.45, 2.75) is 32.7 Å². The van der Waals surface area contributed by atoms with Crippen molar-refractivity contribution in [3.8, 4) is 0 Å². The first kappa shape index (κ1) is 19.8. The van der Waals surface area contributed by atoms with Crippen molar-refractivity contribution in [2.75, 3.05) is 0 Å². The van der Waals surface area contributed by atoms with Crippen LogP contribution in [0.2, 0.25) is 5.15 Å². The maximum atomic E-state index is 10.9. The highest BCUT2D eigenvalue weighted by Gasteiger charge is 2.14. The molecule has 0 amide bonds. The van der Waals surface area contributed by atoms with Crippen molar-refractivity contribution in [1.29, 1.82) is 0 Å². The number of halogens is 1. The van der Waals surface area contributed by atoms with Gasteiger partial charge in [-0.05, 0) is 23.6 Å². The summed E-state index contributed by atoms with van der Waals surface area (Å²) in [4.78, 5) is 15.1. The van der Waals surface area contributed by atoms with Gasteiger partial charge in [0.1, 0.15) is 5.82 Å². The summed E-state index contributed by atoms with van der Waals surface area (Å²) in [6, 6.07) is 16.6. The average molecular weight is 396 g/mol. The SMILES string of the molecule is CCCCc1nc(Cl)c(C=Cc2ccccc2)n1Cc1ccc([N+](=O)[O-])cc1. The third kappa shape index (κ3) is 4.87. The minimum absolute atomic E-state index is 0.0859. The fraction of sp³-hybridized carbons (Fsp3) is 0.227. The van der Waals surface area contributed by atoms with E-state index < -0.39 is 4.92 Å². The van der Waals surface area contributed by atoms with Crippen LogP contribution in [-0.2, 0) is 13.0 Å². The Hall–Kier alpha value is -2.92. The predicted molar refractivity (Wildman–Crippen MR) is 113 cm³/mol. The summed E-state index contributed by atoms with van der Waals surface area (Å²) in [5, 5.41) is 11.4. The third-order valence-electron chi connectivity index (χ3n) is 4.52. The van der Waals surface area contributed by atoms with E-state index in [0.717, 1.165) is 41.9 Å². The number of aromatic nitrogens is 2. The Morgan fingerprint density at radius 1 is 1.11 bits per heavy atom. The molecule has 0 aliphatic heterocycles. The van der Waals surface area contributed by atoms with Crippen LogP contribution in [0.5, 0.6) is 0 Å². The molecule has 0 saturated heterocycles. The second-order valence-electron chi connectivity index (χ2n) is 6.56. The van der Waals surface area contributed by atoms with Gasteiger partial charge in [-0.25, -0.2) is 4.98 Å². The summed E-state index contributed by atoms with van der Waals surface area (Å²) in [5.41, 5.74) is 2.97. The van der Waals surface area contributed by atoms with Crippen molar-refractivity contribution < 1.29 is 4.92 Å². The molecule has 2 aromatic carbocycles. The number of rotatable bonds is 8. The number of imidazole rings is 1. The molecule has 0 fully saturated rings. The first-order valence-electron chi connectivity index (χ1n) is 9.30. The number of nitro groups is 1. The number of nitro benzene ring substituents is 1. The van der Waals surface area contributed by atoms with Gasteiger partial charge in [0.25, 0.3) is 5.69 Å². The lowest BCUT2D eigenvalue weighted by Crippen LogP contribution is -2.07. The van der Waals surface area contributed by atoms with Crippen molar-refractivity contribution in [1.82, 2.24) is 9.55 Å². The quantitative estimate of drug-likeness (QED) is 0.346. The van der Waals surface area contributed by atoms with E-state index in [1.54, 1.807) is 12.1 Å². The van der Waals surface area contributed by atoms with Gasteiger partial charge in [0.2, 0.25) is 0 Å². The summed E-state index contributed by atoms with van der Waals surface area (Å²) in [7, 11) is 0. The summed E-state index contributed by atoms with van der Waals surface area (Å²) >= 11 is 6.46. The number of non-ortho nitro benzene ring substituents is 1. The van der Waals surface area contributed by atoms with Gasteiger partial charge in [-0.3, -0.25) is 10.1 Å². The smallest absolute Gasteiger partial charge is 0.269 e. The number of unbranched alkanes of at least 4 members (excludes halogenated alkanes) is 1. The summed E-state index contributed by atoms with van der Waals surface area (Å²) < 4.78 is 2.10. The normalized spacial score (nSPS) is 11.2. The third-order valence-corrected chi connectivity index (χ3v) is 4.79. The van der Waals surface area contributed by atoms with Crippen molar-refractivity contribution in [3.63, 3.8) is 0 Å². The van der Waals surface area contributed by atoms with Crippen molar-refractivity contribution in [3.05, 3.63) is 92.5 Å². The van der Waals surface area contributed by atoms with Crippen molar-refractivity contribution in [2.24, 2.45) is 0 Å². The molecule has 0 N–H and O–H groups in total. The van der Waals surface area contributed by atoms with E-state index in [4.69, 9.17) is 11.6 Å². The molecule has 1 heterocycles. The number of benzene rings is 2. The summed E-state index contributed by atoms with van der Waals surface area (Å²) in [6.45, 7) is 2.70. The first-order chi connectivity index (χ1) is 13.6. The topological polar surface area (TPSA) is 61.0 Å². The number of hydrogen-bond donors (Lipinski definition) is 0. The molecule has 0 unspecified atom stereocenters. The van der Waals surface area contributed by atoms with E-state index in [2.05, 4.69) is 16.5 Å². The predicted octanol–water partition coefficient (Wildman–Crippen LogP) is 6.01. The molecule has 3 aromatic rings. The summed E-state index contributed by atoms with van der Waals surface area (Å²) in [6.07, 6.45) is 6.92. The summed E-state index contributed by atoms with van der Waals surface area (Å²) in [5.74, 6) is 0.929. The Labute approximate surface area is 169 Å². The number of nitrogens with zero attached hydrogens (tertiary/aromatic N) is 3. The standard InChI is InChI=1S/C22H22ClN3O2/c1-2-3-9-21-24-22(23)20(15-12-17-7-5-4-6-8-17)25(21)16-18-10-13-19(14-11-18)26(27)28/h4-8,10-15H,2-3,9,16H2,1H3. The van der Waals surface area contributed by atoms with E-state index in [1.807, 2.05) is 42.5 Å². The highest BCUT2D eigenvalue weighted by Crippen LogP contribution is 2.24. The zero-order chi connectivity index (χ0) is 19.9. The lowest BCUT2D eigenvalue weighted by Gasteiger charge is -2.10. The molecule has 1 aromatic heterocycles. The Bertz CT molecular complexity index is 963. The first-order valence-corrected chi connectivity index (χ1v) is 9.67. The molecule has 3 rings (SSSR count). The molecule has 0 bridgehead atoms. The lowest BCUT2D eigenvalue weighted by molar-refractivity contribution is -0.384. The van der Waals surface area contributed by atoms with E-state index in [9.17, 15) is 10.1 Å². The second kappa shape index (κ2) is 9.33. The molecule has 0 spiro atoms. The number of aryl methyl sites for hydroxylation is 1. The lowest BCUT2D eigenvalue weighted by atomic mass is 10.2. The molecular weight excluding hydrogens is 374 g/mol. The van der Waals surface area contributed by atoms with Crippen molar-refractivity contribution >= 4 is 29.4 Å². The Morgan fingerprint density at radius 3 is 2.46 bits per heavy atom. The number of hydrogen-bond acceptors (Lipinski definition) is 3. The Morgan fingerprint density at radius 2 is 1.82 bits per heavy atom. The largest absolute Gasteiger partial charge is 0.323 e. The van der Waals surface area contributed by atoms with Gasteiger partial charge in [-0.2, -0.15) is 0 Å². The van der Waals surface area contributed by atoms with Crippen LogP contribution in [0.4, 0.5) is 5.69 Å². The van der Waals surface area contributed by atoms with Gasteiger partial charge in [0.05, 0.1) is 10.6 Å². The molecule has 6 heteroatoms. The fourth-order valence-corrected chi connectivity index (χ4v) is 3.25. The second-order valence-corrected chi connectivity index (χ2v) is 6.92. The maximum absolute atomic E-state index is 10.9. The van der Waals surface area contributed by atoms with E-state index in [-0.39, 0.29) is 5.69 Å². The molecule has 0 atom stereocenters. The van der Waals surface area contributed by atoms with Crippen LogP contribution < -0.4 is 0 Å². The monoisotopic (exact) mass is 395 g/mol. The minimum atomic E-state index is -0.390. The highest BCUT2D eigenvalue weighted by molar-refractivity contribution is 6.30. The molecule has 0 saturated carbocycles. The molecule has 0 radical (unpaired) electrons. The average Bonchev–Trinajstić information content (AvgIpc) is 3.00. The van der Waals surface area contributed by atoms with Gasteiger partial charge in [-0.1, -0.05) is 73.5 Å². The zero-order valence-corrected chi connectivity index (χ0v) is 16.5. The molecule has 28 heavy (non-hydrogen) atoms. The Balaban J connectivity index is 1.93. The Kier molecular flexibility index (Phi) is 6.61. The van der Waals surface area contributed by atoms with Crippen LogP contribution in [0.15, 0.2) is 54.6 Å². The van der Waals surface area contributed by atoms with Crippen LogP contribution in [-0.4, -0.2) is 14.5 Å². The van der Waals surface area contributed by atoms with Crippen LogP contribution >= 0.6 is 11.6 Å². The van der Waals surface area contributed by atoms with Gasteiger partial charge in [0, 0.05) is 25.1 Å². The van der Waals surface area contributed by atoms with Crippen LogP contribution in [0.25, 0.3) is 12.2 Å². The van der Waals surface area contributed by atoms with Gasteiger partial charge in [-0.15, -0.1) is 0 Å². The zero-order valence-electron chi connectivity index (χ0n) is 15.7.